The van der Waals surface area contributed by atoms with Crippen molar-refractivity contribution in [2.24, 2.45) is 0 Å². The van der Waals surface area contributed by atoms with Crippen LogP contribution in [0.2, 0.25) is 0 Å². The average molecular weight is 538 g/mol. The van der Waals surface area contributed by atoms with Crippen LogP contribution in [0.25, 0.3) is 0 Å². The molecule has 3 heterocycles. The number of benzene rings is 1. The summed E-state index contributed by atoms with van der Waals surface area (Å²) in [6.45, 7) is 0. The number of aromatic nitrogens is 5. The molecule has 2 amide bonds. The molecule has 5 rings (SSSR count). The first-order valence-corrected chi connectivity index (χ1v) is 13.4. The summed E-state index contributed by atoms with van der Waals surface area (Å²) >= 11 is 0. The number of hydrogen-bond acceptors (Lipinski definition) is 8. The van der Waals surface area contributed by atoms with Crippen molar-refractivity contribution >= 4 is 23.5 Å². The summed E-state index contributed by atoms with van der Waals surface area (Å²) in [5, 5.41) is 22.9. The van der Waals surface area contributed by atoms with Gasteiger partial charge < -0.3 is 15.4 Å². The summed E-state index contributed by atoms with van der Waals surface area (Å²) in [6, 6.07) is 20.4. The van der Waals surface area contributed by atoms with Gasteiger partial charge >= 0.3 is 0 Å². The topological polar surface area (TPSA) is 132 Å². The highest BCUT2D eigenvalue weighted by Crippen LogP contribution is 2.40. The van der Waals surface area contributed by atoms with Crippen molar-refractivity contribution in [1.29, 1.82) is 0 Å². The van der Waals surface area contributed by atoms with Crippen molar-refractivity contribution in [3.8, 4) is 5.75 Å². The van der Waals surface area contributed by atoms with E-state index in [0.29, 0.717) is 23.1 Å². The van der Waals surface area contributed by atoms with E-state index in [4.69, 9.17) is 4.74 Å². The van der Waals surface area contributed by atoms with Gasteiger partial charge in [0.1, 0.15) is 5.75 Å². The van der Waals surface area contributed by atoms with E-state index in [-0.39, 0.29) is 36.5 Å². The molecule has 10 nitrogen and oxygen atoms in total. The molecule has 3 aromatic heterocycles. The van der Waals surface area contributed by atoms with Gasteiger partial charge in [-0.05, 0) is 73.4 Å². The average Bonchev–Trinajstić information content (AvgIpc) is 2.98. The molecule has 204 valence electrons. The van der Waals surface area contributed by atoms with Gasteiger partial charge in [-0.2, -0.15) is 10.2 Å². The van der Waals surface area contributed by atoms with E-state index in [9.17, 15) is 9.59 Å². The van der Waals surface area contributed by atoms with Crippen molar-refractivity contribution in [2.45, 2.75) is 50.4 Å². The first kappa shape index (κ1) is 26.9. The third kappa shape index (κ3) is 7.22. The van der Waals surface area contributed by atoms with Crippen molar-refractivity contribution < 1.29 is 14.3 Å². The number of nitrogens with one attached hydrogen (secondary N) is 2. The Bertz CT molecular complexity index is 1430. The number of rotatable bonds is 9. The van der Waals surface area contributed by atoms with Crippen LogP contribution in [0.3, 0.4) is 0 Å². The van der Waals surface area contributed by atoms with E-state index in [2.05, 4.69) is 36.0 Å². The minimum atomic E-state index is -0.183. The molecule has 0 spiro atoms. The predicted molar refractivity (Wildman–Crippen MR) is 150 cm³/mol. The Hall–Kier alpha value is -4.73. The Labute approximate surface area is 232 Å². The molecular formula is C30H31N7O3. The zero-order valence-corrected chi connectivity index (χ0v) is 22.3. The second-order valence-electron chi connectivity index (χ2n) is 9.87. The van der Waals surface area contributed by atoms with Crippen molar-refractivity contribution in [1.82, 2.24) is 25.4 Å². The molecule has 40 heavy (non-hydrogen) atoms. The molecule has 1 aromatic carbocycles. The summed E-state index contributed by atoms with van der Waals surface area (Å²) in [7, 11) is 1.60. The van der Waals surface area contributed by atoms with E-state index in [1.54, 1.807) is 25.4 Å². The van der Waals surface area contributed by atoms with Crippen LogP contribution in [0.5, 0.6) is 5.75 Å². The van der Waals surface area contributed by atoms with Gasteiger partial charge in [0.05, 0.1) is 31.3 Å². The standard InChI is InChI=1S/C30H31N7O3/c1-40-24-10-4-6-20(16-24)17-29(38)32-27-13-11-25(34-36-27)21-7-5-8-22(18-21)26-12-14-28(37-35-26)33-30(39)19-23-9-2-3-15-31-23/h2-4,6,9-16,21-22H,5,7-8,17-19H2,1H3,(H,32,36,38)(H,33,37,39)/t21-,22-/m0/s1. The number of nitrogens with zero attached hydrogens (tertiary/aromatic N) is 5. The summed E-state index contributed by atoms with van der Waals surface area (Å²) < 4.78 is 5.22. The third-order valence-electron chi connectivity index (χ3n) is 6.98. The lowest BCUT2D eigenvalue weighted by atomic mass is 9.78. The van der Waals surface area contributed by atoms with Gasteiger partial charge in [-0.1, -0.05) is 24.6 Å². The molecule has 0 unspecified atom stereocenters. The van der Waals surface area contributed by atoms with Crippen molar-refractivity contribution in [3.05, 3.63) is 95.6 Å². The fraction of sp³-hybridized carbons (Fsp3) is 0.300. The number of methoxy groups -OCH3 is 1. The Balaban J connectivity index is 1.14. The van der Waals surface area contributed by atoms with Gasteiger partial charge in [0.2, 0.25) is 11.8 Å². The van der Waals surface area contributed by atoms with Crippen molar-refractivity contribution in [2.75, 3.05) is 17.7 Å². The van der Waals surface area contributed by atoms with Crippen LogP contribution in [0, 0.1) is 0 Å². The predicted octanol–water partition coefficient (Wildman–Crippen LogP) is 4.47. The van der Waals surface area contributed by atoms with Gasteiger partial charge in [-0.15, -0.1) is 10.2 Å². The SMILES string of the molecule is COc1cccc(CC(=O)Nc2ccc([C@H]3CCC[C@H](c4ccc(NC(=O)Cc5ccccn5)nn4)C3)nn2)c1. The molecule has 2 atom stereocenters. The number of anilines is 2. The second kappa shape index (κ2) is 12.9. The molecule has 10 heteroatoms. The van der Waals surface area contributed by atoms with Gasteiger partial charge in [-0.25, -0.2) is 0 Å². The molecule has 0 radical (unpaired) electrons. The number of hydrogen-bond donors (Lipinski definition) is 2. The number of carbonyl (C=O) groups excluding carboxylic acids is 2. The molecule has 1 aliphatic rings. The van der Waals surface area contributed by atoms with Crippen LogP contribution in [0.1, 0.15) is 60.2 Å². The fourth-order valence-corrected chi connectivity index (χ4v) is 4.99. The van der Waals surface area contributed by atoms with Crippen LogP contribution in [0.15, 0.2) is 72.9 Å². The summed E-state index contributed by atoms with van der Waals surface area (Å²) in [6.07, 6.45) is 6.03. The first-order chi connectivity index (χ1) is 19.6. The maximum absolute atomic E-state index is 12.5. The lowest BCUT2D eigenvalue weighted by Crippen LogP contribution is -2.18. The molecule has 4 aromatic rings. The molecular weight excluding hydrogens is 506 g/mol. The second-order valence-corrected chi connectivity index (χ2v) is 9.87. The highest BCUT2D eigenvalue weighted by Gasteiger charge is 2.27. The zero-order chi connectivity index (χ0) is 27.7. The summed E-state index contributed by atoms with van der Waals surface area (Å²) in [5.41, 5.74) is 3.37. The Morgan fingerprint density at radius 1 is 0.800 bits per heavy atom. The minimum Gasteiger partial charge on any atom is -0.497 e. The van der Waals surface area contributed by atoms with E-state index in [1.807, 2.05) is 54.6 Å². The first-order valence-electron chi connectivity index (χ1n) is 13.4. The maximum Gasteiger partial charge on any atom is 0.231 e. The van der Waals surface area contributed by atoms with Crippen LogP contribution < -0.4 is 15.4 Å². The minimum absolute atomic E-state index is 0.164. The number of amides is 2. The Kier molecular flexibility index (Phi) is 8.65. The molecule has 1 fully saturated rings. The monoisotopic (exact) mass is 537 g/mol. The van der Waals surface area contributed by atoms with Gasteiger partial charge in [0.25, 0.3) is 0 Å². The molecule has 2 N–H and O–H groups in total. The normalized spacial score (nSPS) is 16.6. The number of pyridine rings is 1. The lowest BCUT2D eigenvalue weighted by molar-refractivity contribution is -0.116. The summed E-state index contributed by atoms with van der Waals surface area (Å²) in [5.74, 6) is 1.70. The Morgan fingerprint density at radius 2 is 1.48 bits per heavy atom. The molecule has 0 saturated heterocycles. The largest absolute Gasteiger partial charge is 0.497 e. The van der Waals surface area contributed by atoms with E-state index >= 15 is 0 Å². The van der Waals surface area contributed by atoms with Gasteiger partial charge in [0.15, 0.2) is 11.6 Å². The number of carbonyl (C=O) groups is 2. The van der Waals surface area contributed by atoms with Gasteiger partial charge in [0, 0.05) is 23.7 Å². The molecule has 0 bridgehead atoms. The van der Waals surface area contributed by atoms with E-state index in [0.717, 1.165) is 42.6 Å². The van der Waals surface area contributed by atoms with Gasteiger partial charge in [-0.3, -0.25) is 14.6 Å². The highest BCUT2D eigenvalue weighted by molar-refractivity contribution is 5.91. The van der Waals surface area contributed by atoms with E-state index < -0.39 is 0 Å². The van der Waals surface area contributed by atoms with Crippen LogP contribution in [-0.2, 0) is 22.4 Å². The third-order valence-corrected chi connectivity index (χ3v) is 6.98. The van der Waals surface area contributed by atoms with E-state index in [1.165, 1.54) is 0 Å². The van der Waals surface area contributed by atoms with Crippen LogP contribution in [0.4, 0.5) is 11.6 Å². The van der Waals surface area contributed by atoms with Crippen molar-refractivity contribution in [3.63, 3.8) is 0 Å². The number of ether oxygens (including phenoxy) is 1. The fourth-order valence-electron chi connectivity index (χ4n) is 4.99. The molecule has 1 saturated carbocycles. The van der Waals surface area contributed by atoms with Crippen LogP contribution >= 0.6 is 0 Å². The quantitative estimate of drug-likeness (QED) is 0.320. The highest BCUT2D eigenvalue weighted by atomic mass is 16.5. The Morgan fingerprint density at radius 3 is 2.05 bits per heavy atom. The summed E-state index contributed by atoms with van der Waals surface area (Å²) in [4.78, 5) is 28.9. The smallest absolute Gasteiger partial charge is 0.231 e. The van der Waals surface area contributed by atoms with Crippen LogP contribution in [-0.4, -0.2) is 44.3 Å². The lowest BCUT2D eigenvalue weighted by Gasteiger charge is -2.28. The zero-order valence-electron chi connectivity index (χ0n) is 22.3. The molecule has 1 aliphatic carbocycles. The maximum atomic E-state index is 12.5. The molecule has 0 aliphatic heterocycles.